The van der Waals surface area contributed by atoms with Gasteiger partial charge >= 0.3 is 0 Å². The first-order valence-electron chi connectivity index (χ1n) is 9.16. The minimum absolute atomic E-state index is 0. The second kappa shape index (κ2) is 9.73. The maximum atomic E-state index is 11.4. The summed E-state index contributed by atoms with van der Waals surface area (Å²) in [5.74, 6) is 0.850. The van der Waals surface area contributed by atoms with E-state index in [1.165, 1.54) is 24.7 Å². The Bertz CT molecular complexity index is 893. The van der Waals surface area contributed by atoms with Crippen molar-refractivity contribution in [1.29, 1.82) is 0 Å². The van der Waals surface area contributed by atoms with Crippen LogP contribution < -0.4 is 10.6 Å². The lowest BCUT2D eigenvalue weighted by atomic mass is 9.96. The summed E-state index contributed by atoms with van der Waals surface area (Å²) in [7, 11) is -1.23. The van der Waals surface area contributed by atoms with Crippen LogP contribution in [0.5, 0.6) is 0 Å². The number of halogens is 1. The van der Waals surface area contributed by atoms with Gasteiger partial charge in [-0.3, -0.25) is 4.99 Å². The van der Waals surface area contributed by atoms with Gasteiger partial charge in [0, 0.05) is 31.8 Å². The normalized spacial score (nSPS) is 15.4. The third-order valence-corrected chi connectivity index (χ3v) is 5.83. The van der Waals surface area contributed by atoms with Gasteiger partial charge in [-0.05, 0) is 29.5 Å². The first-order chi connectivity index (χ1) is 12.9. The number of aliphatic imine (C=N–C) groups is 1. The highest BCUT2D eigenvalue weighted by atomic mass is 127. The molecule has 0 atom stereocenters. The summed E-state index contributed by atoms with van der Waals surface area (Å²) in [5.41, 5.74) is 3.50. The maximum absolute atomic E-state index is 11.4. The molecule has 1 fully saturated rings. The van der Waals surface area contributed by atoms with Gasteiger partial charge < -0.3 is 10.6 Å². The van der Waals surface area contributed by atoms with Crippen molar-refractivity contribution in [3.63, 3.8) is 0 Å². The van der Waals surface area contributed by atoms with Crippen molar-refractivity contribution in [2.24, 2.45) is 4.99 Å². The topological polar surface area (TPSA) is 70.6 Å². The standard InChI is InChI=1S/C21H27N3O2S.HI/c1-22-20(24-16-21(12-13-21)19-6-4-3-5-7-19)23-14-17-8-10-18(11-9-17)15-27(2,25)26;/h3-11H,12-16H2,1-2H3,(H2,22,23,24);1H. The molecular formula is C21H28IN3O2S. The monoisotopic (exact) mass is 513 g/mol. The first kappa shape index (κ1) is 22.7. The molecule has 0 aliphatic heterocycles. The molecule has 1 aliphatic carbocycles. The van der Waals surface area contributed by atoms with E-state index in [0.717, 1.165) is 23.6 Å². The lowest BCUT2D eigenvalue weighted by Gasteiger charge is -2.19. The van der Waals surface area contributed by atoms with Crippen LogP contribution in [0.2, 0.25) is 0 Å². The van der Waals surface area contributed by atoms with Gasteiger partial charge in [0.15, 0.2) is 15.8 Å². The minimum Gasteiger partial charge on any atom is -0.356 e. The predicted octanol–water partition coefficient (Wildman–Crippen LogP) is 3.25. The number of guanidine groups is 1. The van der Waals surface area contributed by atoms with Crippen molar-refractivity contribution in [3.05, 3.63) is 71.3 Å². The number of hydrogen-bond donors (Lipinski definition) is 2. The van der Waals surface area contributed by atoms with Gasteiger partial charge in [0.25, 0.3) is 0 Å². The van der Waals surface area contributed by atoms with Gasteiger partial charge in [0.1, 0.15) is 0 Å². The highest BCUT2D eigenvalue weighted by molar-refractivity contribution is 14.0. The third kappa shape index (κ3) is 6.48. The summed E-state index contributed by atoms with van der Waals surface area (Å²) in [6.07, 6.45) is 3.64. The van der Waals surface area contributed by atoms with Crippen molar-refractivity contribution in [2.45, 2.75) is 30.6 Å². The number of nitrogens with zero attached hydrogens (tertiary/aromatic N) is 1. The molecule has 0 saturated heterocycles. The summed E-state index contributed by atoms with van der Waals surface area (Å²) in [6.45, 7) is 1.50. The molecule has 1 aliphatic rings. The van der Waals surface area contributed by atoms with E-state index >= 15 is 0 Å². The van der Waals surface area contributed by atoms with Crippen LogP contribution in [0.25, 0.3) is 0 Å². The Kier molecular flexibility index (Phi) is 7.88. The molecule has 0 radical (unpaired) electrons. The summed E-state index contributed by atoms with van der Waals surface area (Å²) < 4.78 is 22.7. The minimum atomic E-state index is -3.00. The van der Waals surface area contributed by atoms with Crippen molar-refractivity contribution in [2.75, 3.05) is 19.8 Å². The quantitative estimate of drug-likeness (QED) is 0.339. The smallest absolute Gasteiger partial charge is 0.191 e. The Morgan fingerprint density at radius 1 is 1.00 bits per heavy atom. The van der Waals surface area contributed by atoms with E-state index in [-0.39, 0.29) is 35.1 Å². The molecule has 2 aromatic carbocycles. The van der Waals surface area contributed by atoms with Crippen LogP contribution in [0.3, 0.4) is 0 Å². The molecule has 0 aromatic heterocycles. The van der Waals surface area contributed by atoms with E-state index < -0.39 is 9.84 Å². The molecule has 1 saturated carbocycles. The molecule has 0 bridgehead atoms. The Balaban J connectivity index is 0.00000280. The van der Waals surface area contributed by atoms with Crippen LogP contribution in [0.15, 0.2) is 59.6 Å². The molecule has 152 valence electrons. The number of rotatable bonds is 7. The Hall–Kier alpha value is -1.61. The molecule has 2 N–H and O–H groups in total. The number of hydrogen-bond acceptors (Lipinski definition) is 3. The molecular weight excluding hydrogens is 485 g/mol. The van der Waals surface area contributed by atoms with E-state index in [0.29, 0.717) is 6.54 Å². The summed E-state index contributed by atoms with van der Waals surface area (Å²) in [6, 6.07) is 18.3. The highest BCUT2D eigenvalue weighted by Crippen LogP contribution is 2.47. The largest absolute Gasteiger partial charge is 0.356 e. The second-order valence-corrected chi connectivity index (χ2v) is 9.45. The molecule has 7 heteroatoms. The Morgan fingerprint density at radius 3 is 2.14 bits per heavy atom. The maximum Gasteiger partial charge on any atom is 0.191 e. The molecule has 2 aromatic rings. The summed E-state index contributed by atoms with van der Waals surface area (Å²) in [5, 5.41) is 6.77. The average molecular weight is 513 g/mol. The SMILES string of the molecule is CN=C(NCc1ccc(CS(C)(=O)=O)cc1)NCC1(c2ccccc2)CC1.I. The van der Waals surface area contributed by atoms with Gasteiger partial charge in [0.2, 0.25) is 0 Å². The number of nitrogens with one attached hydrogen (secondary N) is 2. The zero-order chi connectivity index (χ0) is 19.3. The van der Waals surface area contributed by atoms with Crippen LogP contribution in [0, 0.1) is 0 Å². The van der Waals surface area contributed by atoms with Gasteiger partial charge in [0.05, 0.1) is 5.75 Å². The van der Waals surface area contributed by atoms with Gasteiger partial charge in [-0.1, -0.05) is 54.6 Å². The van der Waals surface area contributed by atoms with Crippen LogP contribution in [0.4, 0.5) is 0 Å². The zero-order valence-electron chi connectivity index (χ0n) is 16.3. The van der Waals surface area contributed by atoms with Gasteiger partial charge in [-0.2, -0.15) is 0 Å². The number of sulfone groups is 1. The molecule has 0 unspecified atom stereocenters. The molecule has 0 spiro atoms. The molecule has 0 heterocycles. The molecule has 5 nitrogen and oxygen atoms in total. The molecule has 28 heavy (non-hydrogen) atoms. The summed E-state index contributed by atoms with van der Waals surface area (Å²) >= 11 is 0. The van der Waals surface area contributed by atoms with Crippen LogP contribution in [-0.2, 0) is 27.5 Å². The molecule has 0 amide bonds. The Morgan fingerprint density at radius 2 is 1.61 bits per heavy atom. The predicted molar refractivity (Wildman–Crippen MR) is 126 cm³/mol. The fourth-order valence-corrected chi connectivity index (χ4v) is 4.02. The van der Waals surface area contributed by atoms with E-state index in [1.54, 1.807) is 7.05 Å². The van der Waals surface area contributed by atoms with Gasteiger partial charge in [-0.15, -0.1) is 24.0 Å². The summed E-state index contributed by atoms with van der Waals surface area (Å²) in [4.78, 5) is 4.31. The zero-order valence-corrected chi connectivity index (χ0v) is 19.5. The first-order valence-corrected chi connectivity index (χ1v) is 11.2. The lowest BCUT2D eigenvalue weighted by Crippen LogP contribution is -2.40. The van der Waals surface area contributed by atoms with Gasteiger partial charge in [-0.25, -0.2) is 8.42 Å². The fourth-order valence-electron chi connectivity index (χ4n) is 3.23. The van der Waals surface area contributed by atoms with Crippen molar-refractivity contribution >= 4 is 39.8 Å². The van der Waals surface area contributed by atoms with E-state index in [1.807, 2.05) is 24.3 Å². The fraction of sp³-hybridized carbons (Fsp3) is 0.381. The average Bonchev–Trinajstić information content (AvgIpc) is 3.44. The van der Waals surface area contributed by atoms with Crippen LogP contribution >= 0.6 is 24.0 Å². The van der Waals surface area contributed by atoms with Crippen molar-refractivity contribution < 1.29 is 8.42 Å². The van der Waals surface area contributed by atoms with Crippen LogP contribution in [-0.4, -0.2) is 34.2 Å². The Labute approximate surface area is 185 Å². The van der Waals surface area contributed by atoms with Crippen molar-refractivity contribution in [1.82, 2.24) is 10.6 Å². The van der Waals surface area contributed by atoms with E-state index in [4.69, 9.17) is 0 Å². The van der Waals surface area contributed by atoms with Crippen LogP contribution in [0.1, 0.15) is 29.5 Å². The van der Waals surface area contributed by atoms with Crippen molar-refractivity contribution in [3.8, 4) is 0 Å². The highest BCUT2D eigenvalue weighted by Gasteiger charge is 2.43. The third-order valence-electron chi connectivity index (χ3n) is 4.97. The van der Waals surface area contributed by atoms with E-state index in [9.17, 15) is 8.42 Å². The number of benzene rings is 2. The van der Waals surface area contributed by atoms with E-state index in [2.05, 4.69) is 46.0 Å². The lowest BCUT2D eigenvalue weighted by molar-refractivity contribution is 0.601. The molecule has 3 rings (SSSR count). The second-order valence-electron chi connectivity index (χ2n) is 7.31.